The zero-order valence-corrected chi connectivity index (χ0v) is 24.2. The summed E-state index contributed by atoms with van der Waals surface area (Å²) in [6.07, 6.45) is 4.51. The summed E-state index contributed by atoms with van der Waals surface area (Å²) in [6.45, 7) is 8.90. The summed E-state index contributed by atoms with van der Waals surface area (Å²) in [4.78, 5) is 31.7. The van der Waals surface area contributed by atoms with Crippen molar-refractivity contribution in [2.45, 2.75) is 47.0 Å². The molecular weight excluding hydrogens is 512 g/mol. The van der Waals surface area contributed by atoms with Crippen LogP contribution in [0.25, 0.3) is 0 Å². The minimum atomic E-state index is -0.389. The van der Waals surface area contributed by atoms with Crippen molar-refractivity contribution in [3.63, 3.8) is 0 Å². The van der Waals surface area contributed by atoms with E-state index in [1.807, 2.05) is 18.2 Å². The molecule has 3 aromatic rings. The normalized spacial score (nSPS) is 15.1. The van der Waals surface area contributed by atoms with Gasteiger partial charge in [0.05, 0.1) is 32.0 Å². The van der Waals surface area contributed by atoms with Gasteiger partial charge in [-0.1, -0.05) is 20.8 Å². The summed E-state index contributed by atoms with van der Waals surface area (Å²) in [5, 5.41) is 3.68. The highest BCUT2D eigenvalue weighted by Crippen LogP contribution is 2.45. The Morgan fingerprint density at radius 3 is 2.49 bits per heavy atom. The maximum atomic E-state index is 13.7. The van der Waals surface area contributed by atoms with E-state index < -0.39 is 0 Å². The summed E-state index contributed by atoms with van der Waals surface area (Å²) < 4.78 is 15.9. The molecule has 0 radical (unpaired) electrons. The van der Waals surface area contributed by atoms with E-state index in [4.69, 9.17) is 19.2 Å². The van der Waals surface area contributed by atoms with E-state index in [2.05, 4.69) is 26.1 Å². The lowest BCUT2D eigenvalue weighted by atomic mass is 9.72. The maximum absolute atomic E-state index is 13.7. The van der Waals surface area contributed by atoms with Gasteiger partial charge in [0, 0.05) is 22.3 Å². The molecule has 39 heavy (non-hydrogen) atoms. The molecule has 1 atom stereocenters. The standard InChI is InChI=1S/C31H36N2O5S/c1-7-38-30(35)19-8-11-22(12-9-19)33-28(34)27-24-14-10-21(31(2,3)4)17-26(24)39-29(27)32-18-20-16-23(36-5)13-15-25(20)37-6/h8-9,11-13,15-16,18,21H,7,10,14,17H2,1-6H3,(H,33,34). The number of rotatable bonds is 8. The number of anilines is 1. The van der Waals surface area contributed by atoms with Gasteiger partial charge in [-0.2, -0.15) is 0 Å². The molecule has 4 rings (SSSR count). The smallest absolute Gasteiger partial charge is 0.338 e. The first-order chi connectivity index (χ1) is 18.6. The fourth-order valence-corrected chi connectivity index (χ4v) is 6.07. The summed E-state index contributed by atoms with van der Waals surface area (Å²) >= 11 is 1.58. The molecule has 1 aromatic heterocycles. The van der Waals surface area contributed by atoms with Crippen LogP contribution in [0.3, 0.4) is 0 Å². The number of thiophene rings is 1. The zero-order chi connectivity index (χ0) is 28.2. The minimum absolute atomic E-state index is 0.183. The van der Waals surface area contributed by atoms with Crippen molar-refractivity contribution in [2.75, 3.05) is 26.1 Å². The highest BCUT2D eigenvalue weighted by molar-refractivity contribution is 7.16. The fourth-order valence-electron chi connectivity index (χ4n) is 4.80. The first kappa shape index (κ1) is 28.4. The Morgan fingerprint density at radius 2 is 1.85 bits per heavy atom. The van der Waals surface area contributed by atoms with Crippen LogP contribution >= 0.6 is 11.3 Å². The highest BCUT2D eigenvalue weighted by atomic mass is 32.1. The summed E-state index contributed by atoms with van der Waals surface area (Å²) in [7, 11) is 3.23. The Kier molecular flexibility index (Phi) is 8.75. The summed E-state index contributed by atoms with van der Waals surface area (Å²) in [6, 6.07) is 12.2. The fraction of sp³-hybridized carbons (Fsp3) is 0.387. The number of aliphatic imine (C=N–C) groups is 1. The number of nitrogens with zero attached hydrogens (tertiary/aromatic N) is 1. The minimum Gasteiger partial charge on any atom is -0.497 e. The lowest BCUT2D eigenvalue weighted by molar-refractivity contribution is 0.0526. The van der Waals surface area contributed by atoms with Gasteiger partial charge in [-0.3, -0.25) is 4.79 Å². The molecule has 1 aliphatic rings. The molecule has 0 spiro atoms. The summed E-state index contributed by atoms with van der Waals surface area (Å²) in [5.74, 6) is 1.29. The number of benzene rings is 2. The number of nitrogens with one attached hydrogen (secondary N) is 1. The van der Waals surface area contributed by atoms with E-state index in [0.29, 0.717) is 45.8 Å². The van der Waals surface area contributed by atoms with Crippen molar-refractivity contribution in [1.29, 1.82) is 0 Å². The molecule has 7 nitrogen and oxygen atoms in total. The van der Waals surface area contributed by atoms with Gasteiger partial charge in [-0.15, -0.1) is 11.3 Å². The van der Waals surface area contributed by atoms with Gasteiger partial charge in [0.15, 0.2) is 0 Å². The zero-order valence-electron chi connectivity index (χ0n) is 23.4. The Morgan fingerprint density at radius 1 is 1.10 bits per heavy atom. The second-order valence-corrected chi connectivity index (χ2v) is 11.7. The number of methoxy groups -OCH3 is 2. The van der Waals surface area contributed by atoms with Crippen LogP contribution in [0.4, 0.5) is 10.7 Å². The van der Waals surface area contributed by atoms with Crippen LogP contribution in [-0.2, 0) is 17.6 Å². The number of fused-ring (bicyclic) bond motifs is 1. The molecule has 1 aliphatic carbocycles. The Hall–Kier alpha value is -3.65. The molecule has 0 aliphatic heterocycles. The second kappa shape index (κ2) is 12.0. The molecule has 8 heteroatoms. The Bertz CT molecular complexity index is 1370. The number of carbonyl (C=O) groups excluding carboxylic acids is 2. The topological polar surface area (TPSA) is 86.2 Å². The molecule has 1 heterocycles. The monoisotopic (exact) mass is 548 g/mol. The third-order valence-electron chi connectivity index (χ3n) is 7.11. The van der Waals surface area contributed by atoms with Gasteiger partial charge < -0.3 is 19.5 Å². The molecular formula is C31H36N2O5S. The third-order valence-corrected chi connectivity index (χ3v) is 8.27. The molecule has 1 N–H and O–H groups in total. The maximum Gasteiger partial charge on any atom is 0.338 e. The number of esters is 1. The molecule has 0 fully saturated rings. The quantitative estimate of drug-likeness (QED) is 0.240. The van der Waals surface area contributed by atoms with E-state index in [9.17, 15) is 9.59 Å². The average molecular weight is 549 g/mol. The van der Waals surface area contributed by atoms with Crippen LogP contribution in [0.15, 0.2) is 47.5 Å². The van der Waals surface area contributed by atoms with E-state index in [1.54, 1.807) is 63.0 Å². The van der Waals surface area contributed by atoms with Gasteiger partial charge in [-0.05, 0) is 85.5 Å². The molecule has 1 unspecified atom stereocenters. The summed E-state index contributed by atoms with van der Waals surface area (Å²) in [5.41, 5.74) is 3.66. The molecule has 2 aromatic carbocycles. The largest absolute Gasteiger partial charge is 0.497 e. The third kappa shape index (κ3) is 6.50. The number of hydrogen-bond acceptors (Lipinski definition) is 7. The first-order valence-corrected chi connectivity index (χ1v) is 13.9. The van der Waals surface area contributed by atoms with Crippen molar-refractivity contribution >= 4 is 40.1 Å². The van der Waals surface area contributed by atoms with Crippen LogP contribution in [0.1, 0.15) is 70.8 Å². The second-order valence-electron chi connectivity index (χ2n) is 10.6. The molecule has 1 amide bonds. The van der Waals surface area contributed by atoms with Crippen LogP contribution in [0.2, 0.25) is 0 Å². The lowest BCUT2D eigenvalue weighted by Gasteiger charge is -2.33. The Balaban J connectivity index is 1.68. The van der Waals surface area contributed by atoms with Gasteiger partial charge in [0.1, 0.15) is 16.5 Å². The molecule has 206 valence electrons. The van der Waals surface area contributed by atoms with Gasteiger partial charge in [0.2, 0.25) is 0 Å². The van der Waals surface area contributed by atoms with Crippen LogP contribution < -0.4 is 14.8 Å². The number of hydrogen-bond donors (Lipinski definition) is 1. The Labute approximate surface area is 234 Å². The van der Waals surface area contributed by atoms with Crippen molar-refractivity contribution < 1.29 is 23.8 Å². The number of carbonyl (C=O) groups is 2. The van der Waals surface area contributed by atoms with Gasteiger partial charge in [0.25, 0.3) is 5.91 Å². The molecule has 0 saturated heterocycles. The average Bonchev–Trinajstić information content (AvgIpc) is 3.29. The van der Waals surface area contributed by atoms with E-state index in [1.165, 1.54) is 4.88 Å². The molecule has 0 saturated carbocycles. The van der Waals surface area contributed by atoms with Crippen LogP contribution in [0, 0.1) is 11.3 Å². The predicted molar refractivity (Wildman–Crippen MR) is 156 cm³/mol. The lowest BCUT2D eigenvalue weighted by Crippen LogP contribution is -2.27. The van der Waals surface area contributed by atoms with E-state index in [0.717, 1.165) is 30.4 Å². The SMILES string of the molecule is CCOC(=O)c1ccc(NC(=O)c2c(N=Cc3cc(OC)ccc3OC)sc3c2CCC(C(C)(C)C)C3)cc1. The molecule has 0 bridgehead atoms. The van der Waals surface area contributed by atoms with Gasteiger partial charge >= 0.3 is 5.97 Å². The van der Waals surface area contributed by atoms with Crippen molar-refractivity contribution in [2.24, 2.45) is 16.3 Å². The van der Waals surface area contributed by atoms with Crippen molar-refractivity contribution in [3.8, 4) is 11.5 Å². The van der Waals surface area contributed by atoms with E-state index >= 15 is 0 Å². The predicted octanol–water partition coefficient (Wildman–Crippen LogP) is 7.10. The van der Waals surface area contributed by atoms with E-state index in [-0.39, 0.29) is 17.3 Å². The van der Waals surface area contributed by atoms with Crippen LogP contribution in [0.5, 0.6) is 11.5 Å². The van der Waals surface area contributed by atoms with Gasteiger partial charge in [-0.25, -0.2) is 9.79 Å². The van der Waals surface area contributed by atoms with Crippen molar-refractivity contribution in [3.05, 3.63) is 69.6 Å². The number of amides is 1. The van der Waals surface area contributed by atoms with Crippen molar-refractivity contribution in [1.82, 2.24) is 0 Å². The highest BCUT2D eigenvalue weighted by Gasteiger charge is 2.33. The number of ether oxygens (including phenoxy) is 3. The van der Waals surface area contributed by atoms with Crippen LogP contribution in [-0.4, -0.2) is 38.9 Å². The first-order valence-electron chi connectivity index (χ1n) is 13.1.